The molecule has 0 radical (unpaired) electrons. The molecule has 2 heterocycles. The molecule has 5 nitrogen and oxygen atoms in total. The van der Waals surface area contributed by atoms with Crippen LogP contribution < -0.4 is 0 Å². The van der Waals surface area contributed by atoms with Gasteiger partial charge >= 0.3 is 0 Å². The van der Waals surface area contributed by atoms with Crippen LogP contribution in [0.25, 0.3) is 11.0 Å². The maximum absolute atomic E-state index is 12.6. The summed E-state index contributed by atoms with van der Waals surface area (Å²) < 4.78 is 0. The van der Waals surface area contributed by atoms with Crippen molar-refractivity contribution < 1.29 is 4.79 Å². The SMILES string of the molecule is C/C=C(\C)CN1C[C@H](Sc2nc3ccccc3[nH]2)C[C@H]1C(=O)N(C)C. The number of likely N-dealkylation sites (N-methyl/N-ethyl adjacent to an activating group) is 1. The van der Waals surface area contributed by atoms with Gasteiger partial charge < -0.3 is 9.88 Å². The largest absolute Gasteiger partial charge is 0.347 e. The van der Waals surface area contributed by atoms with Crippen LogP contribution in [0.1, 0.15) is 20.3 Å². The number of H-pyrrole nitrogens is 1. The summed E-state index contributed by atoms with van der Waals surface area (Å²) in [5.41, 5.74) is 3.35. The fourth-order valence-electron chi connectivity index (χ4n) is 3.23. The molecular formula is C19H26N4OS. The third-order valence-electron chi connectivity index (χ3n) is 4.68. The van der Waals surface area contributed by atoms with Crippen molar-refractivity contribution in [1.29, 1.82) is 0 Å². The average molecular weight is 359 g/mol. The van der Waals surface area contributed by atoms with Gasteiger partial charge in [0.1, 0.15) is 0 Å². The van der Waals surface area contributed by atoms with E-state index < -0.39 is 0 Å². The van der Waals surface area contributed by atoms with E-state index >= 15 is 0 Å². The van der Waals surface area contributed by atoms with Crippen LogP contribution in [0.5, 0.6) is 0 Å². The topological polar surface area (TPSA) is 52.2 Å². The Hall–Kier alpha value is -1.79. The summed E-state index contributed by atoms with van der Waals surface area (Å²) in [6.07, 6.45) is 2.98. The molecule has 0 bridgehead atoms. The van der Waals surface area contributed by atoms with Gasteiger partial charge in [-0.3, -0.25) is 9.69 Å². The molecular weight excluding hydrogens is 332 g/mol. The number of thioether (sulfide) groups is 1. The highest BCUT2D eigenvalue weighted by molar-refractivity contribution is 7.99. The highest BCUT2D eigenvalue weighted by atomic mass is 32.2. The molecule has 1 aliphatic heterocycles. The predicted molar refractivity (Wildman–Crippen MR) is 104 cm³/mol. The van der Waals surface area contributed by atoms with Crippen molar-refractivity contribution in [3.8, 4) is 0 Å². The minimum Gasteiger partial charge on any atom is -0.347 e. The molecule has 0 aliphatic carbocycles. The third kappa shape index (κ3) is 4.07. The number of carbonyl (C=O) groups is 1. The maximum Gasteiger partial charge on any atom is 0.239 e. The van der Waals surface area contributed by atoms with E-state index in [0.29, 0.717) is 5.25 Å². The van der Waals surface area contributed by atoms with E-state index in [0.717, 1.165) is 35.7 Å². The first-order valence-electron chi connectivity index (χ1n) is 8.66. The smallest absolute Gasteiger partial charge is 0.239 e. The molecule has 134 valence electrons. The van der Waals surface area contributed by atoms with Gasteiger partial charge in [-0.25, -0.2) is 4.98 Å². The number of fused-ring (bicyclic) bond motifs is 1. The van der Waals surface area contributed by atoms with Gasteiger partial charge in [-0.15, -0.1) is 0 Å². The number of nitrogens with one attached hydrogen (secondary N) is 1. The van der Waals surface area contributed by atoms with Gasteiger partial charge in [-0.2, -0.15) is 0 Å². The van der Waals surface area contributed by atoms with Gasteiger partial charge in [0.05, 0.1) is 17.1 Å². The number of allylic oxidation sites excluding steroid dienone is 1. The van der Waals surface area contributed by atoms with Gasteiger partial charge in [0.25, 0.3) is 0 Å². The monoisotopic (exact) mass is 358 g/mol. The number of hydrogen-bond acceptors (Lipinski definition) is 4. The zero-order valence-corrected chi connectivity index (χ0v) is 16.1. The second-order valence-electron chi connectivity index (χ2n) is 6.85. The Labute approximate surface area is 153 Å². The Balaban J connectivity index is 1.74. The predicted octanol–water partition coefficient (Wildman–Crippen LogP) is 3.15. The van der Waals surface area contributed by atoms with E-state index in [-0.39, 0.29) is 11.9 Å². The number of aromatic nitrogens is 2. The lowest BCUT2D eigenvalue weighted by molar-refractivity contribution is -0.133. The van der Waals surface area contributed by atoms with E-state index in [9.17, 15) is 4.79 Å². The van der Waals surface area contributed by atoms with Crippen molar-refractivity contribution in [1.82, 2.24) is 19.8 Å². The number of hydrogen-bond donors (Lipinski definition) is 1. The molecule has 1 N–H and O–H groups in total. The lowest BCUT2D eigenvalue weighted by Crippen LogP contribution is -2.43. The summed E-state index contributed by atoms with van der Waals surface area (Å²) in [6.45, 7) is 5.92. The summed E-state index contributed by atoms with van der Waals surface area (Å²) in [6, 6.07) is 8.02. The van der Waals surface area contributed by atoms with E-state index in [1.165, 1.54) is 5.57 Å². The Morgan fingerprint density at radius 3 is 2.88 bits per heavy atom. The Morgan fingerprint density at radius 2 is 2.20 bits per heavy atom. The van der Waals surface area contributed by atoms with E-state index in [2.05, 4.69) is 34.8 Å². The molecule has 0 saturated carbocycles. The Bertz CT molecular complexity index is 750. The number of rotatable bonds is 5. The van der Waals surface area contributed by atoms with Crippen molar-refractivity contribution in [2.75, 3.05) is 27.2 Å². The number of imidazole rings is 1. The molecule has 6 heteroatoms. The molecule has 1 aliphatic rings. The number of aromatic amines is 1. The zero-order valence-electron chi connectivity index (χ0n) is 15.3. The van der Waals surface area contributed by atoms with Crippen molar-refractivity contribution >= 4 is 28.7 Å². The van der Waals surface area contributed by atoms with Crippen LogP contribution >= 0.6 is 11.8 Å². The minimum atomic E-state index is -0.0493. The van der Waals surface area contributed by atoms with Crippen LogP contribution in [-0.2, 0) is 4.79 Å². The number of likely N-dealkylation sites (tertiary alicyclic amines) is 1. The maximum atomic E-state index is 12.6. The van der Waals surface area contributed by atoms with Crippen molar-refractivity contribution in [2.45, 2.75) is 36.7 Å². The quantitative estimate of drug-likeness (QED) is 0.834. The lowest BCUT2D eigenvalue weighted by Gasteiger charge is -2.26. The number of benzene rings is 1. The number of amides is 1. The van der Waals surface area contributed by atoms with Gasteiger partial charge in [0, 0.05) is 32.4 Å². The van der Waals surface area contributed by atoms with Gasteiger partial charge in [0.2, 0.25) is 5.91 Å². The number of nitrogens with zero attached hydrogens (tertiary/aromatic N) is 3. The highest BCUT2D eigenvalue weighted by Crippen LogP contribution is 2.33. The Kier molecular flexibility index (Phi) is 5.49. The molecule has 1 amide bonds. The summed E-state index contributed by atoms with van der Waals surface area (Å²) >= 11 is 1.75. The molecule has 2 aromatic rings. The molecule has 1 fully saturated rings. The zero-order chi connectivity index (χ0) is 18.0. The molecule has 1 aromatic heterocycles. The van der Waals surface area contributed by atoms with Crippen molar-refractivity contribution in [3.05, 3.63) is 35.9 Å². The number of carbonyl (C=O) groups excluding carboxylic acids is 1. The fourth-order valence-corrected chi connectivity index (χ4v) is 4.41. The fraction of sp³-hybridized carbons (Fsp3) is 0.474. The highest BCUT2D eigenvalue weighted by Gasteiger charge is 2.38. The van der Waals surface area contributed by atoms with E-state index in [1.54, 1.807) is 16.7 Å². The van der Waals surface area contributed by atoms with Crippen LogP contribution in [0.2, 0.25) is 0 Å². The van der Waals surface area contributed by atoms with Crippen LogP contribution in [0.4, 0.5) is 0 Å². The molecule has 0 spiro atoms. The molecule has 2 atom stereocenters. The van der Waals surface area contributed by atoms with E-state index in [4.69, 9.17) is 0 Å². The standard InChI is InChI=1S/C19H26N4OS/c1-5-13(2)11-23-12-14(10-17(23)18(24)22(3)4)25-19-20-15-8-6-7-9-16(15)21-19/h5-9,14,17H,10-12H2,1-4H3,(H,20,21)/b13-5+/t14-,17+/m1/s1. The minimum absolute atomic E-state index is 0.0493. The summed E-state index contributed by atoms with van der Waals surface area (Å²) in [4.78, 5) is 24.7. The summed E-state index contributed by atoms with van der Waals surface area (Å²) in [5, 5.41) is 1.30. The molecule has 1 saturated heterocycles. The first-order valence-corrected chi connectivity index (χ1v) is 9.54. The molecule has 0 unspecified atom stereocenters. The summed E-state index contributed by atoms with van der Waals surface area (Å²) in [7, 11) is 3.67. The number of para-hydroxylation sites is 2. The molecule has 3 rings (SSSR count). The van der Waals surface area contributed by atoms with Gasteiger partial charge in [0.15, 0.2) is 5.16 Å². The lowest BCUT2D eigenvalue weighted by atomic mass is 10.2. The van der Waals surface area contributed by atoms with Crippen LogP contribution in [0, 0.1) is 0 Å². The molecule has 1 aromatic carbocycles. The second-order valence-corrected chi connectivity index (χ2v) is 8.14. The van der Waals surface area contributed by atoms with Crippen molar-refractivity contribution in [2.24, 2.45) is 0 Å². The van der Waals surface area contributed by atoms with Crippen LogP contribution in [0.3, 0.4) is 0 Å². The van der Waals surface area contributed by atoms with E-state index in [1.807, 2.05) is 38.4 Å². The Morgan fingerprint density at radius 1 is 1.44 bits per heavy atom. The van der Waals surface area contributed by atoms with Gasteiger partial charge in [-0.05, 0) is 32.4 Å². The van der Waals surface area contributed by atoms with Crippen molar-refractivity contribution in [3.63, 3.8) is 0 Å². The van der Waals surface area contributed by atoms with Gasteiger partial charge in [-0.1, -0.05) is 35.5 Å². The first kappa shape index (κ1) is 18.0. The van der Waals surface area contributed by atoms with Crippen LogP contribution in [0.15, 0.2) is 41.1 Å². The molecule has 25 heavy (non-hydrogen) atoms. The summed E-state index contributed by atoms with van der Waals surface area (Å²) in [5.74, 6) is 0.191. The second kappa shape index (κ2) is 7.62. The average Bonchev–Trinajstić information content (AvgIpc) is 3.17. The van der Waals surface area contributed by atoms with Crippen LogP contribution in [-0.4, -0.2) is 64.2 Å². The third-order valence-corrected chi connectivity index (χ3v) is 5.77. The normalized spacial score (nSPS) is 21.8. The first-order chi connectivity index (χ1) is 12.0.